The van der Waals surface area contributed by atoms with Gasteiger partial charge in [-0.2, -0.15) is 5.10 Å². The molecule has 2 aromatic carbocycles. The predicted octanol–water partition coefficient (Wildman–Crippen LogP) is 3.37. The molecule has 4 rings (SSSR count). The van der Waals surface area contributed by atoms with E-state index in [0.29, 0.717) is 34.4 Å². The number of anilines is 1. The van der Waals surface area contributed by atoms with Crippen LogP contribution >= 0.6 is 0 Å². The van der Waals surface area contributed by atoms with Crippen molar-refractivity contribution in [2.24, 2.45) is 0 Å². The highest BCUT2D eigenvalue weighted by Crippen LogP contribution is 2.19. The summed E-state index contributed by atoms with van der Waals surface area (Å²) in [4.78, 5) is 25.2. The number of hydrogen-bond donors (Lipinski definition) is 1. The Labute approximate surface area is 153 Å². The van der Waals surface area contributed by atoms with Gasteiger partial charge in [0.05, 0.1) is 17.2 Å². The lowest BCUT2D eigenvalue weighted by atomic mass is 10.1. The summed E-state index contributed by atoms with van der Waals surface area (Å²) in [6, 6.07) is 11.3. The molecule has 0 radical (unpaired) electrons. The third-order valence-corrected chi connectivity index (χ3v) is 4.61. The largest absolute Gasteiger partial charge is 0.322 e. The number of nitrogens with one attached hydrogen (secondary N) is 1. The Bertz CT molecular complexity index is 1260. The first-order valence-electron chi connectivity index (χ1n) is 8.57. The number of rotatable bonds is 3. The molecule has 0 bridgehead atoms. The second-order valence-corrected chi connectivity index (χ2v) is 6.30. The number of hydrogen-bond acceptors (Lipinski definition) is 3. The van der Waals surface area contributed by atoms with Gasteiger partial charge in [0.25, 0.3) is 11.5 Å². The molecule has 6 nitrogen and oxygen atoms in total. The highest BCUT2D eigenvalue weighted by atomic mass is 19.1. The molecule has 1 N–H and O–H groups in total. The van der Waals surface area contributed by atoms with Crippen molar-refractivity contribution >= 4 is 28.1 Å². The third kappa shape index (κ3) is 2.77. The molecule has 0 atom stereocenters. The number of benzene rings is 2. The number of fused-ring (bicyclic) bond motifs is 3. The van der Waals surface area contributed by atoms with Crippen molar-refractivity contribution in [3.05, 3.63) is 76.0 Å². The van der Waals surface area contributed by atoms with Gasteiger partial charge in [-0.25, -0.2) is 8.91 Å². The van der Waals surface area contributed by atoms with Crippen molar-refractivity contribution in [1.29, 1.82) is 0 Å². The molecule has 0 saturated carbocycles. The topological polar surface area (TPSA) is 68.4 Å². The first kappa shape index (κ1) is 17.0. The normalized spacial score (nSPS) is 11.2. The minimum atomic E-state index is -0.382. The van der Waals surface area contributed by atoms with Crippen LogP contribution < -0.4 is 10.9 Å². The maximum absolute atomic E-state index is 13.7. The molecular weight excluding hydrogens is 347 g/mol. The van der Waals surface area contributed by atoms with Crippen LogP contribution in [0.3, 0.4) is 0 Å². The van der Waals surface area contributed by atoms with E-state index in [9.17, 15) is 14.0 Å². The van der Waals surface area contributed by atoms with Crippen LogP contribution in [0.4, 0.5) is 10.1 Å². The zero-order valence-corrected chi connectivity index (χ0v) is 14.9. The molecule has 0 unspecified atom stereocenters. The van der Waals surface area contributed by atoms with Gasteiger partial charge in [0.1, 0.15) is 11.3 Å². The van der Waals surface area contributed by atoms with E-state index in [1.807, 2.05) is 6.92 Å². The number of aryl methyl sites for hydroxylation is 2. The number of amides is 1. The van der Waals surface area contributed by atoms with Gasteiger partial charge in [-0.3, -0.25) is 9.59 Å². The van der Waals surface area contributed by atoms with Crippen LogP contribution in [0.25, 0.3) is 16.6 Å². The summed E-state index contributed by atoms with van der Waals surface area (Å²) in [5.74, 6) is -0.761. The van der Waals surface area contributed by atoms with E-state index in [0.717, 1.165) is 5.52 Å². The lowest BCUT2D eigenvalue weighted by Crippen LogP contribution is -2.22. The van der Waals surface area contributed by atoms with E-state index in [1.165, 1.54) is 6.07 Å². The van der Waals surface area contributed by atoms with Gasteiger partial charge in [-0.1, -0.05) is 6.07 Å². The molecule has 2 heterocycles. The van der Waals surface area contributed by atoms with E-state index in [-0.39, 0.29) is 17.3 Å². The highest BCUT2D eigenvalue weighted by molar-refractivity contribution is 6.06. The Kier molecular flexibility index (Phi) is 3.99. The summed E-state index contributed by atoms with van der Waals surface area (Å²) in [5.41, 5.74) is 2.91. The van der Waals surface area contributed by atoms with E-state index in [2.05, 4.69) is 10.4 Å². The predicted molar refractivity (Wildman–Crippen MR) is 102 cm³/mol. The van der Waals surface area contributed by atoms with Crippen molar-refractivity contribution in [1.82, 2.24) is 14.2 Å². The monoisotopic (exact) mass is 364 g/mol. The molecule has 27 heavy (non-hydrogen) atoms. The third-order valence-electron chi connectivity index (χ3n) is 4.61. The second kappa shape index (κ2) is 6.35. The molecule has 2 aromatic heterocycles. The van der Waals surface area contributed by atoms with Crippen LogP contribution in [0.1, 0.15) is 22.8 Å². The molecule has 1 amide bonds. The smallest absolute Gasteiger partial charge is 0.277 e. The number of nitrogens with zero attached hydrogens (tertiary/aromatic N) is 3. The van der Waals surface area contributed by atoms with Crippen molar-refractivity contribution in [3.63, 3.8) is 0 Å². The average Bonchev–Trinajstić information content (AvgIpc) is 3.15. The molecule has 0 aliphatic rings. The lowest BCUT2D eigenvalue weighted by molar-refractivity contribution is 0.102. The van der Waals surface area contributed by atoms with Gasteiger partial charge in [0.15, 0.2) is 0 Å². The first-order chi connectivity index (χ1) is 13.0. The Balaban J connectivity index is 1.80. The minimum absolute atomic E-state index is 0.166. The number of halogens is 1. The molecule has 7 heteroatoms. The van der Waals surface area contributed by atoms with Crippen LogP contribution in [-0.2, 0) is 6.54 Å². The summed E-state index contributed by atoms with van der Waals surface area (Å²) < 4.78 is 16.9. The summed E-state index contributed by atoms with van der Waals surface area (Å²) in [6.45, 7) is 3.99. The van der Waals surface area contributed by atoms with Crippen LogP contribution in [0, 0.1) is 12.7 Å². The van der Waals surface area contributed by atoms with Gasteiger partial charge < -0.3 is 9.88 Å². The number of aromatic nitrogens is 3. The summed E-state index contributed by atoms with van der Waals surface area (Å²) in [6.07, 6.45) is 1.57. The number of carbonyl (C=O) groups is 1. The molecule has 0 spiro atoms. The van der Waals surface area contributed by atoms with Crippen LogP contribution in [0.15, 0.2) is 53.5 Å². The minimum Gasteiger partial charge on any atom is -0.322 e. The van der Waals surface area contributed by atoms with Gasteiger partial charge in [0, 0.05) is 17.8 Å². The van der Waals surface area contributed by atoms with Gasteiger partial charge in [-0.05, 0) is 55.8 Å². The molecule has 0 aliphatic heterocycles. The Morgan fingerprint density at radius 3 is 2.67 bits per heavy atom. The Hall–Kier alpha value is -3.48. The SMILES string of the molecule is CCn1c(=O)c2ccnn2c2ccc(C(=O)Nc3ccc(C)c(F)c3)cc21. The fourth-order valence-electron chi connectivity index (χ4n) is 3.15. The molecule has 0 fully saturated rings. The van der Waals surface area contributed by atoms with E-state index in [1.54, 1.807) is 58.6 Å². The van der Waals surface area contributed by atoms with Crippen molar-refractivity contribution < 1.29 is 9.18 Å². The van der Waals surface area contributed by atoms with E-state index in [4.69, 9.17) is 0 Å². The Morgan fingerprint density at radius 1 is 1.11 bits per heavy atom. The summed E-state index contributed by atoms with van der Waals surface area (Å²) >= 11 is 0. The maximum Gasteiger partial charge on any atom is 0.277 e. The average molecular weight is 364 g/mol. The lowest BCUT2D eigenvalue weighted by Gasteiger charge is -2.12. The van der Waals surface area contributed by atoms with E-state index >= 15 is 0 Å². The molecule has 0 aliphatic carbocycles. The van der Waals surface area contributed by atoms with Crippen molar-refractivity contribution in [3.8, 4) is 0 Å². The van der Waals surface area contributed by atoms with Gasteiger partial charge in [-0.15, -0.1) is 0 Å². The van der Waals surface area contributed by atoms with Gasteiger partial charge in [0.2, 0.25) is 0 Å². The second-order valence-electron chi connectivity index (χ2n) is 6.30. The van der Waals surface area contributed by atoms with E-state index < -0.39 is 0 Å². The van der Waals surface area contributed by atoms with Crippen LogP contribution in [-0.4, -0.2) is 20.1 Å². The quantitative estimate of drug-likeness (QED) is 0.606. The standard InChI is InChI=1S/C20H17FN4O2/c1-3-24-18-10-13(19(26)23-14-6-4-12(2)15(21)11-14)5-7-16(18)25-17(20(24)27)8-9-22-25/h4-11H,3H2,1-2H3,(H,23,26). The first-order valence-corrected chi connectivity index (χ1v) is 8.57. The zero-order chi connectivity index (χ0) is 19.1. The molecule has 136 valence electrons. The molecule has 4 aromatic rings. The molecular formula is C20H17FN4O2. The van der Waals surface area contributed by atoms with Crippen LogP contribution in [0.2, 0.25) is 0 Å². The van der Waals surface area contributed by atoms with Crippen molar-refractivity contribution in [2.75, 3.05) is 5.32 Å². The van der Waals surface area contributed by atoms with Crippen LogP contribution in [0.5, 0.6) is 0 Å². The summed E-state index contributed by atoms with van der Waals surface area (Å²) in [5, 5.41) is 6.89. The zero-order valence-electron chi connectivity index (χ0n) is 14.9. The maximum atomic E-state index is 13.7. The Morgan fingerprint density at radius 2 is 1.93 bits per heavy atom. The molecule has 0 saturated heterocycles. The summed E-state index contributed by atoms with van der Waals surface area (Å²) in [7, 11) is 0. The fraction of sp³-hybridized carbons (Fsp3) is 0.150. The highest BCUT2D eigenvalue weighted by Gasteiger charge is 2.14. The van der Waals surface area contributed by atoms with Crippen molar-refractivity contribution in [2.45, 2.75) is 20.4 Å². The fourth-order valence-corrected chi connectivity index (χ4v) is 3.15. The number of carbonyl (C=O) groups excluding carboxylic acids is 1. The van der Waals surface area contributed by atoms with Gasteiger partial charge >= 0.3 is 0 Å².